The van der Waals surface area contributed by atoms with Crippen LogP contribution in [0.15, 0.2) is 24.5 Å². The second-order valence-corrected chi connectivity index (χ2v) is 5.33. The minimum absolute atomic E-state index is 0.219. The highest BCUT2D eigenvalue weighted by atomic mass is 16.3. The molecule has 20 heavy (non-hydrogen) atoms. The van der Waals surface area contributed by atoms with Gasteiger partial charge in [0.2, 0.25) is 0 Å². The van der Waals surface area contributed by atoms with Gasteiger partial charge in [-0.1, -0.05) is 0 Å². The van der Waals surface area contributed by atoms with Gasteiger partial charge in [0.1, 0.15) is 5.75 Å². The van der Waals surface area contributed by atoms with E-state index >= 15 is 0 Å². The zero-order chi connectivity index (χ0) is 14.7. The SMILES string of the molecule is Cc1cnn([C@@H](C)[C@H](C)NCc2nc(C)ccc2O)c1. The van der Waals surface area contributed by atoms with Gasteiger partial charge in [0, 0.05) is 24.5 Å². The summed E-state index contributed by atoms with van der Waals surface area (Å²) in [7, 11) is 0. The van der Waals surface area contributed by atoms with E-state index < -0.39 is 0 Å². The van der Waals surface area contributed by atoms with Gasteiger partial charge in [-0.15, -0.1) is 0 Å². The maximum absolute atomic E-state index is 9.79. The van der Waals surface area contributed by atoms with E-state index in [1.165, 1.54) is 0 Å². The molecular weight excluding hydrogens is 252 g/mol. The molecule has 0 bridgehead atoms. The van der Waals surface area contributed by atoms with Gasteiger partial charge in [-0.25, -0.2) is 0 Å². The summed E-state index contributed by atoms with van der Waals surface area (Å²) in [6.45, 7) is 8.71. The summed E-state index contributed by atoms with van der Waals surface area (Å²) in [5.41, 5.74) is 2.74. The summed E-state index contributed by atoms with van der Waals surface area (Å²) in [6.07, 6.45) is 3.89. The molecule has 2 aromatic heterocycles. The molecule has 0 aliphatic carbocycles. The molecule has 5 heteroatoms. The Kier molecular flexibility index (Phi) is 4.39. The van der Waals surface area contributed by atoms with Crippen LogP contribution in [0.5, 0.6) is 5.75 Å². The first-order chi connectivity index (χ1) is 9.47. The number of aromatic hydroxyl groups is 1. The summed E-state index contributed by atoms with van der Waals surface area (Å²) in [5, 5.41) is 17.5. The van der Waals surface area contributed by atoms with Crippen LogP contribution >= 0.6 is 0 Å². The van der Waals surface area contributed by atoms with Crippen molar-refractivity contribution >= 4 is 0 Å². The first-order valence-electron chi connectivity index (χ1n) is 6.87. The first kappa shape index (κ1) is 14.5. The van der Waals surface area contributed by atoms with Gasteiger partial charge in [-0.2, -0.15) is 5.10 Å². The number of rotatable bonds is 5. The molecule has 0 aromatic carbocycles. The number of aromatic nitrogens is 3. The summed E-state index contributed by atoms with van der Waals surface area (Å²) in [5.74, 6) is 0.234. The lowest BCUT2D eigenvalue weighted by Gasteiger charge is -2.22. The Morgan fingerprint density at radius 2 is 2.05 bits per heavy atom. The van der Waals surface area contributed by atoms with Crippen molar-refractivity contribution in [1.82, 2.24) is 20.1 Å². The van der Waals surface area contributed by atoms with Crippen LogP contribution in [0.25, 0.3) is 0 Å². The van der Waals surface area contributed by atoms with E-state index in [1.807, 2.05) is 30.9 Å². The normalized spacial score (nSPS) is 14.2. The van der Waals surface area contributed by atoms with E-state index in [2.05, 4.69) is 29.2 Å². The molecule has 2 rings (SSSR count). The Morgan fingerprint density at radius 1 is 1.30 bits per heavy atom. The average molecular weight is 274 g/mol. The predicted octanol–water partition coefficient (Wildman–Crippen LogP) is 2.34. The number of hydrogen-bond donors (Lipinski definition) is 2. The molecule has 0 aliphatic rings. The molecule has 0 unspecified atom stereocenters. The molecule has 0 fully saturated rings. The van der Waals surface area contributed by atoms with Crippen molar-refractivity contribution < 1.29 is 5.11 Å². The van der Waals surface area contributed by atoms with Gasteiger partial charge in [0.25, 0.3) is 0 Å². The van der Waals surface area contributed by atoms with Gasteiger partial charge >= 0.3 is 0 Å². The van der Waals surface area contributed by atoms with Crippen molar-refractivity contribution in [2.75, 3.05) is 0 Å². The highest BCUT2D eigenvalue weighted by Crippen LogP contribution is 2.16. The minimum atomic E-state index is 0.219. The van der Waals surface area contributed by atoms with Crippen LogP contribution in [-0.4, -0.2) is 25.9 Å². The minimum Gasteiger partial charge on any atom is -0.506 e. The smallest absolute Gasteiger partial charge is 0.138 e. The molecule has 0 aliphatic heterocycles. The largest absolute Gasteiger partial charge is 0.506 e. The van der Waals surface area contributed by atoms with Crippen molar-refractivity contribution in [3.05, 3.63) is 41.5 Å². The van der Waals surface area contributed by atoms with Gasteiger partial charge in [0.15, 0.2) is 0 Å². The van der Waals surface area contributed by atoms with E-state index in [9.17, 15) is 5.11 Å². The molecular formula is C15H22N4O. The predicted molar refractivity (Wildman–Crippen MR) is 78.6 cm³/mol. The Hall–Kier alpha value is -1.88. The fourth-order valence-corrected chi connectivity index (χ4v) is 2.05. The van der Waals surface area contributed by atoms with Crippen LogP contribution in [0, 0.1) is 13.8 Å². The fraction of sp³-hybridized carbons (Fsp3) is 0.467. The Labute approximate surface area is 119 Å². The third-order valence-corrected chi connectivity index (χ3v) is 3.55. The lowest BCUT2D eigenvalue weighted by atomic mass is 10.1. The van der Waals surface area contributed by atoms with E-state index in [0.717, 1.165) is 11.3 Å². The first-order valence-corrected chi connectivity index (χ1v) is 6.87. The van der Waals surface area contributed by atoms with E-state index in [0.29, 0.717) is 12.2 Å². The molecule has 0 spiro atoms. The van der Waals surface area contributed by atoms with Crippen molar-refractivity contribution in [2.24, 2.45) is 0 Å². The van der Waals surface area contributed by atoms with Crippen molar-refractivity contribution in [3.63, 3.8) is 0 Å². The topological polar surface area (TPSA) is 63.0 Å². The molecule has 0 radical (unpaired) electrons. The van der Waals surface area contributed by atoms with Crippen LogP contribution in [-0.2, 0) is 6.54 Å². The average Bonchev–Trinajstić information content (AvgIpc) is 2.85. The monoisotopic (exact) mass is 274 g/mol. The van der Waals surface area contributed by atoms with Crippen LogP contribution in [0.4, 0.5) is 0 Å². The summed E-state index contributed by atoms with van der Waals surface area (Å²) < 4.78 is 1.95. The lowest BCUT2D eigenvalue weighted by Crippen LogP contribution is -2.33. The van der Waals surface area contributed by atoms with Crippen molar-refractivity contribution in [2.45, 2.75) is 46.3 Å². The van der Waals surface area contributed by atoms with Crippen LogP contribution < -0.4 is 5.32 Å². The number of nitrogens with zero attached hydrogens (tertiary/aromatic N) is 3. The molecule has 0 saturated heterocycles. The number of pyridine rings is 1. The Morgan fingerprint density at radius 3 is 2.70 bits per heavy atom. The van der Waals surface area contributed by atoms with Gasteiger partial charge < -0.3 is 10.4 Å². The lowest BCUT2D eigenvalue weighted by molar-refractivity contribution is 0.360. The van der Waals surface area contributed by atoms with Crippen molar-refractivity contribution in [3.8, 4) is 5.75 Å². The maximum Gasteiger partial charge on any atom is 0.138 e. The Balaban J connectivity index is 1.98. The van der Waals surface area contributed by atoms with Gasteiger partial charge in [0.05, 0.1) is 17.9 Å². The zero-order valence-corrected chi connectivity index (χ0v) is 12.5. The summed E-state index contributed by atoms with van der Waals surface area (Å²) in [6, 6.07) is 3.94. The van der Waals surface area contributed by atoms with Crippen LogP contribution in [0.2, 0.25) is 0 Å². The third-order valence-electron chi connectivity index (χ3n) is 3.55. The maximum atomic E-state index is 9.79. The zero-order valence-electron chi connectivity index (χ0n) is 12.5. The van der Waals surface area contributed by atoms with Gasteiger partial charge in [-0.05, 0) is 45.4 Å². The molecule has 108 valence electrons. The van der Waals surface area contributed by atoms with Crippen LogP contribution in [0.1, 0.15) is 36.8 Å². The number of hydrogen-bond acceptors (Lipinski definition) is 4. The summed E-state index contributed by atoms with van der Waals surface area (Å²) in [4.78, 5) is 4.35. The Bertz CT molecular complexity index is 579. The second-order valence-electron chi connectivity index (χ2n) is 5.33. The highest BCUT2D eigenvalue weighted by molar-refractivity contribution is 5.27. The number of aryl methyl sites for hydroxylation is 2. The molecule has 2 aromatic rings. The highest BCUT2D eigenvalue weighted by Gasteiger charge is 2.15. The molecule has 2 atom stereocenters. The van der Waals surface area contributed by atoms with E-state index in [4.69, 9.17) is 0 Å². The fourth-order valence-electron chi connectivity index (χ4n) is 2.05. The van der Waals surface area contributed by atoms with Crippen molar-refractivity contribution in [1.29, 1.82) is 0 Å². The summed E-state index contributed by atoms with van der Waals surface area (Å²) >= 11 is 0. The van der Waals surface area contributed by atoms with Gasteiger partial charge in [-0.3, -0.25) is 9.67 Å². The number of nitrogens with one attached hydrogen (secondary N) is 1. The third kappa shape index (κ3) is 3.36. The quantitative estimate of drug-likeness (QED) is 0.878. The second kappa shape index (κ2) is 6.05. The molecule has 2 N–H and O–H groups in total. The molecule has 5 nitrogen and oxygen atoms in total. The standard InChI is InChI=1S/C15H22N4O/c1-10-7-17-19(9-10)13(4)12(3)16-8-14-15(20)6-5-11(2)18-14/h5-7,9,12-13,16,20H,8H2,1-4H3/t12-,13-/m0/s1. The van der Waals surface area contributed by atoms with E-state index in [-0.39, 0.29) is 17.8 Å². The molecule has 2 heterocycles. The molecule has 0 amide bonds. The van der Waals surface area contributed by atoms with E-state index in [1.54, 1.807) is 12.1 Å². The molecule has 0 saturated carbocycles. The van der Waals surface area contributed by atoms with Crippen LogP contribution in [0.3, 0.4) is 0 Å².